The van der Waals surface area contributed by atoms with Gasteiger partial charge in [0.25, 0.3) is 7.28 Å². The largest absolute Gasteiger partial charge is 0.477 e. The topological polar surface area (TPSA) is 26.3 Å². The normalized spacial score (nSPS) is 7.00. The van der Waals surface area contributed by atoms with Crippen LogP contribution in [0.1, 0.15) is 0 Å². The van der Waals surface area contributed by atoms with Crippen LogP contribution in [-0.2, 0) is 4.74 Å². The fourth-order valence-corrected chi connectivity index (χ4v) is 0.164. The van der Waals surface area contributed by atoms with Crippen LogP contribution in [0.3, 0.4) is 0 Å². The van der Waals surface area contributed by atoms with Crippen LogP contribution < -0.4 is 0 Å². The molecule has 0 aromatic heterocycles. The third kappa shape index (κ3) is 3.10. The summed E-state index contributed by atoms with van der Waals surface area (Å²) in [6.45, 7) is 3.29. The maximum absolute atomic E-state index is 10.1. The molecule has 0 N–H and O–H groups in total. The predicted molar refractivity (Wildman–Crippen MR) is 28.4 cm³/mol. The number of carbonyl (C=O) groups excluding carboxylic acids is 1. The highest BCUT2D eigenvalue weighted by Gasteiger charge is 1.93. The molecule has 0 spiro atoms. The summed E-state index contributed by atoms with van der Waals surface area (Å²) in [5, 5.41) is 0. The molecule has 0 aliphatic rings. The van der Waals surface area contributed by atoms with Gasteiger partial charge in [-0.2, -0.15) is 0 Å². The number of hydrogen-bond acceptors (Lipinski definition) is 2. The van der Waals surface area contributed by atoms with Crippen molar-refractivity contribution in [1.82, 2.24) is 0 Å². The number of ether oxygens (including phenoxy) is 1. The quantitative estimate of drug-likeness (QED) is 0.471. The minimum absolute atomic E-state index is 0.366. The van der Waals surface area contributed by atoms with Gasteiger partial charge in [-0.05, 0) is 0 Å². The molecular weight excluding hydrogens is 90.9 g/mol. The number of rotatable bonds is 2. The first kappa shape index (κ1) is 6.27. The van der Waals surface area contributed by atoms with Gasteiger partial charge in [-0.3, -0.25) is 4.79 Å². The van der Waals surface area contributed by atoms with Crippen LogP contribution in [0.2, 0.25) is 0 Å². The van der Waals surface area contributed by atoms with Crippen molar-refractivity contribution < 1.29 is 9.53 Å². The molecule has 1 radical (unpaired) electrons. The molecule has 0 aliphatic heterocycles. The zero-order chi connectivity index (χ0) is 5.70. The Morgan fingerprint density at radius 3 is 2.71 bits per heavy atom. The SMILES string of the molecule is C=C[B]C(=O)OC. The molecule has 37 valence electrons. The molecule has 0 saturated carbocycles. The molecule has 0 rings (SSSR count). The van der Waals surface area contributed by atoms with E-state index < -0.39 is 0 Å². The lowest BCUT2D eigenvalue weighted by Crippen LogP contribution is -2.04. The van der Waals surface area contributed by atoms with Crippen LogP contribution in [-0.4, -0.2) is 20.3 Å². The van der Waals surface area contributed by atoms with Crippen molar-refractivity contribution >= 4 is 13.1 Å². The van der Waals surface area contributed by atoms with E-state index in [0.717, 1.165) is 0 Å². The summed E-state index contributed by atoms with van der Waals surface area (Å²) in [4.78, 5) is 10.1. The lowest BCUT2D eigenvalue weighted by atomic mass is 9.80. The maximum atomic E-state index is 10.1. The van der Waals surface area contributed by atoms with E-state index >= 15 is 0 Å². The van der Waals surface area contributed by atoms with E-state index in [9.17, 15) is 4.79 Å². The van der Waals surface area contributed by atoms with Crippen molar-refractivity contribution in [3.63, 3.8) is 0 Å². The first-order valence-corrected chi connectivity index (χ1v) is 1.85. The second-order valence-corrected chi connectivity index (χ2v) is 0.926. The highest BCUT2D eigenvalue weighted by atomic mass is 16.5. The summed E-state index contributed by atoms with van der Waals surface area (Å²) >= 11 is 0. The van der Waals surface area contributed by atoms with Crippen molar-refractivity contribution in [2.75, 3.05) is 7.11 Å². The van der Waals surface area contributed by atoms with Gasteiger partial charge < -0.3 is 4.74 Å². The first-order valence-electron chi connectivity index (χ1n) is 1.85. The third-order valence-corrected chi connectivity index (χ3v) is 0.455. The maximum Gasteiger partial charge on any atom is 0.290 e. The molecule has 0 saturated heterocycles. The van der Waals surface area contributed by atoms with Crippen LogP contribution in [0.25, 0.3) is 0 Å². The molecule has 0 aromatic rings. The summed E-state index contributed by atoms with van der Waals surface area (Å²) in [6, 6.07) is 0. The van der Waals surface area contributed by atoms with E-state index in [4.69, 9.17) is 0 Å². The predicted octanol–water partition coefficient (Wildman–Crippen LogP) is 0.601. The third-order valence-electron chi connectivity index (χ3n) is 0.455. The van der Waals surface area contributed by atoms with Gasteiger partial charge in [0.15, 0.2) is 0 Å². The highest BCUT2D eigenvalue weighted by Crippen LogP contribution is 1.71. The molecule has 3 heteroatoms. The molecule has 0 bridgehead atoms. The van der Waals surface area contributed by atoms with E-state index in [1.54, 1.807) is 0 Å². The Hall–Kier alpha value is -0.725. The number of carbonyl (C=O) groups is 1. The summed E-state index contributed by atoms with van der Waals surface area (Å²) in [7, 11) is 2.57. The number of hydrogen-bond donors (Lipinski definition) is 0. The Balaban J connectivity index is 3.17. The van der Waals surface area contributed by atoms with Crippen LogP contribution >= 0.6 is 0 Å². The van der Waals surface area contributed by atoms with Gasteiger partial charge in [0, 0.05) is 0 Å². The van der Waals surface area contributed by atoms with E-state index in [2.05, 4.69) is 11.3 Å². The van der Waals surface area contributed by atoms with Crippen LogP contribution in [0.5, 0.6) is 0 Å². The molecule has 0 aromatic carbocycles. The zero-order valence-electron chi connectivity index (χ0n) is 4.18. The average Bonchev–Trinajstić information content (AvgIpc) is 1.68. The first-order chi connectivity index (χ1) is 3.31. The van der Waals surface area contributed by atoms with E-state index in [1.165, 1.54) is 20.4 Å². The van der Waals surface area contributed by atoms with Crippen LogP contribution in [0.4, 0.5) is 4.79 Å². The van der Waals surface area contributed by atoms with Gasteiger partial charge in [-0.1, -0.05) is 0 Å². The average molecular weight is 96.9 g/mol. The van der Waals surface area contributed by atoms with Gasteiger partial charge in [0.1, 0.15) is 0 Å². The van der Waals surface area contributed by atoms with Crippen molar-refractivity contribution in [2.24, 2.45) is 0 Å². The molecular formula is C4H6BO2. The summed E-state index contributed by atoms with van der Waals surface area (Å²) in [5.41, 5.74) is 0. The molecule has 0 fully saturated rings. The lowest BCUT2D eigenvalue weighted by Gasteiger charge is -1.87. The fraction of sp³-hybridized carbons (Fsp3) is 0.250. The molecule has 0 aliphatic carbocycles. The molecule has 7 heavy (non-hydrogen) atoms. The van der Waals surface area contributed by atoms with Gasteiger partial charge in [-0.25, -0.2) is 0 Å². The smallest absolute Gasteiger partial charge is 0.290 e. The minimum atomic E-state index is -0.366. The standard InChI is InChI=1S/C4H6BO2/c1-3-5-4(6)7-2/h3H,1H2,2H3. The van der Waals surface area contributed by atoms with Crippen LogP contribution in [0, 0.1) is 0 Å². The second kappa shape index (κ2) is 3.46. The Morgan fingerprint density at radius 2 is 2.57 bits per heavy atom. The minimum Gasteiger partial charge on any atom is -0.477 e. The zero-order valence-corrected chi connectivity index (χ0v) is 4.18. The second-order valence-electron chi connectivity index (χ2n) is 0.926. The summed E-state index contributed by atoms with van der Waals surface area (Å²) in [5.74, 6) is 1.02. The van der Waals surface area contributed by atoms with E-state index in [-0.39, 0.29) is 5.87 Å². The molecule has 0 atom stereocenters. The summed E-state index contributed by atoms with van der Waals surface area (Å²) in [6.07, 6.45) is 0. The van der Waals surface area contributed by atoms with E-state index in [1.807, 2.05) is 0 Å². The van der Waals surface area contributed by atoms with Gasteiger partial charge in [0.05, 0.1) is 7.11 Å². The molecule has 0 unspecified atom stereocenters. The Morgan fingerprint density at radius 1 is 2.00 bits per heavy atom. The van der Waals surface area contributed by atoms with Gasteiger partial charge in [-0.15, -0.1) is 12.6 Å². The van der Waals surface area contributed by atoms with Gasteiger partial charge in [0.2, 0.25) is 5.87 Å². The van der Waals surface area contributed by atoms with Crippen LogP contribution in [0.15, 0.2) is 12.6 Å². The van der Waals surface area contributed by atoms with Crippen molar-refractivity contribution in [2.45, 2.75) is 0 Å². The van der Waals surface area contributed by atoms with E-state index in [0.29, 0.717) is 0 Å². The molecule has 2 nitrogen and oxygen atoms in total. The van der Waals surface area contributed by atoms with Crippen molar-refractivity contribution in [3.8, 4) is 0 Å². The fourth-order valence-electron chi connectivity index (χ4n) is 0.164. The summed E-state index contributed by atoms with van der Waals surface area (Å²) < 4.78 is 4.22. The molecule has 0 heterocycles. The van der Waals surface area contributed by atoms with Crippen molar-refractivity contribution in [1.29, 1.82) is 0 Å². The van der Waals surface area contributed by atoms with Crippen molar-refractivity contribution in [3.05, 3.63) is 12.6 Å². The highest BCUT2D eigenvalue weighted by molar-refractivity contribution is 6.75. The number of methoxy groups -OCH3 is 1. The monoisotopic (exact) mass is 97.0 g/mol. The lowest BCUT2D eigenvalue weighted by molar-refractivity contribution is 0.198. The Kier molecular flexibility index (Phi) is 3.11. The Labute approximate surface area is 43.4 Å². The Bertz CT molecular complexity index is 79.8. The van der Waals surface area contributed by atoms with Gasteiger partial charge >= 0.3 is 0 Å². The molecule has 0 amide bonds.